The Hall–Kier alpha value is -2.84. The fourth-order valence-corrected chi connectivity index (χ4v) is 2.39. The highest BCUT2D eigenvalue weighted by Gasteiger charge is 2.07. The number of benzene rings is 1. The van der Waals surface area contributed by atoms with Gasteiger partial charge in [-0.05, 0) is 36.8 Å². The molecule has 0 aliphatic rings. The Labute approximate surface area is 139 Å². The maximum Gasteiger partial charge on any atom is 0.161 e. The second-order valence-corrected chi connectivity index (χ2v) is 5.43. The third kappa shape index (κ3) is 3.33. The van der Waals surface area contributed by atoms with Crippen LogP contribution in [-0.2, 0) is 6.54 Å². The molecule has 0 bridgehead atoms. The van der Waals surface area contributed by atoms with E-state index in [-0.39, 0.29) is 5.69 Å². The number of aromatic nitrogens is 3. The predicted molar refractivity (Wildman–Crippen MR) is 89.6 cm³/mol. The molecule has 1 aromatic carbocycles. The summed E-state index contributed by atoms with van der Waals surface area (Å²) in [6.45, 7) is 2.52. The van der Waals surface area contributed by atoms with E-state index in [1.165, 1.54) is 0 Å². The van der Waals surface area contributed by atoms with E-state index in [4.69, 9.17) is 16.9 Å². The first-order chi connectivity index (χ1) is 11.2. The summed E-state index contributed by atoms with van der Waals surface area (Å²) < 4.78 is 1.85. The molecule has 0 amide bonds. The van der Waals surface area contributed by atoms with Crippen molar-refractivity contribution in [3.8, 4) is 11.8 Å². The molecule has 0 aliphatic heterocycles. The summed E-state index contributed by atoms with van der Waals surface area (Å²) in [5.41, 5.74) is 3.26. The number of para-hydroxylation sites is 1. The lowest BCUT2D eigenvalue weighted by molar-refractivity contribution is 0.848. The van der Waals surface area contributed by atoms with Crippen LogP contribution in [0.25, 0.3) is 5.69 Å². The lowest BCUT2D eigenvalue weighted by Crippen LogP contribution is -2.07. The van der Waals surface area contributed by atoms with Crippen LogP contribution < -0.4 is 5.32 Å². The molecule has 2 heterocycles. The Balaban J connectivity index is 1.83. The molecule has 0 fully saturated rings. The Morgan fingerprint density at radius 3 is 2.78 bits per heavy atom. The van der Waals surface area contributed by atoms with Crippen LogP contribution in [0.1, 0.15) is 17.0 Å². The predicted octanol–water partition coefficient (Wildman–Crippen LogP) is 3.71. The molecular weight excluding hydrogens is 310 g/mol. The highest BCUT2D eigenvalue weighted by molar-refractivity contribution is 6.31. The Kier molecular flexibility index (Phi) is 4.26. The van der Waals surface area contributed by atoms with Gasteiger partial charge >= 0.3 is 0 Å². The average molecular weight is 324 g/mol. The smallest absolute Gasteiger partial charge is 0.161 e. The fourth-order valence-electron chi connectivity index (χ4n) is 2.24. The molecule has 5 nitrogen and oxygen atoms in total. The quantitative estimate of drug-likeness (QED) is 0.794. The molecular formula is C17H14ClN5. The van der Waals surface area contributed by atoms with Crippen molar-refractivity contribution in [2.45, 2.75) is 13.5 Å². The van der Waals surface area contributed by atoms with Crippen molar-refractivity contribution in [1.82, 2.24) is 14.8 Å². The van der Waals surface area contributed by atoms with E-state index in [1.807, 2.05) is 54.2 Å². The standard InChI is InChI=1S/C17H14ClN5/c1-12-8-9-23(22-12)16-5-3-2-4-13(16)11-20-17-7-6-14(18)15(10-19)21-17/h2-9H,11H2,1H3,(H,20,21). The molecule has 0 spiro atoms. The van der Waals surface area contributed by atoms with Crippen LogP contribution in [0.4, 0.5) is 5.82 Å². The van der Waals surface area contributed by atoms with Gasteiger partial charge < -0.3 is 5.32 Å². The summed E-state index contributed by atoms with van der Waals surface area (Å²) in [5.74, 6) is 0.609. The third-order valence-corrected chi connectivity index (χ3v) is 3.68. The van der Waals surface area contributed by atoms with E-state index in [0.717, 1.165) is 16.9 Å². The molecule has 114 valence electrons. The number of halogens is 1. The van der Waals surface area contributed by atoms with Gasteiger partial charge in [0.2, 0.25) is 0 Å². The number of rotatable bonds is 4. The number of hydrogen-bond acceptors (Lipinski definition) is 4. The molecule has 3 aromatic rings. The van der Waals surface area contributed by atoms with Crippen LogP contribution >= 0.6 is 11.6 Å². The van der Waals surface area contributed by atoms with Gasteiger partial charge in [0, 0.05) is 12.7 Å². The van der Waals surface area contributed by atoms with E-state index in [2.05, 4.69) is 15.4 Å². The lowest BCUT2D eigenvalue weighted by atomic mass is 10.2. The summed E-state index contributed by atoms with van der Waals surface area (Å²) in [6, 6.07) is 15.4. The molecule has 2 aromatic heterocycles. The molecule has 6 heteroatoms. The van der Waals surface area contributed by atoms with Crippen LogP contribution in [0, 0.1) is 18.3 Å². The number of nitrogens with one attached hydrogen (secondary N) is 1. The topological polar surface area (TPSA) is 66.5 Å². The first-order valence-corrected chi connectivity index (χ1v) is 7.46. The van der Waals surface area contributed by atoms with E-state index in [9.17, 15) is 0 Å². The second-order valence-electron chi connectivity index (χ2n) is 5.02. The highest BCUT2D eigenvalue weighted by Crippen LogP contribution is 2.18. The number of anilines is 1. The number of hydrogen-bond donors (Lipinski definition) is 1. The molecule has 0 aliphatic carbocycles. The van der Waals surface area contributed by atoms with Gasteiger partial charge in [-0.2, -0.15) is 10.4 Å². The van der Waals surface area contributed by atoms with Crippen molar-refractivity contribution >= 4 is 17.4 Å². The van der Waals surface area contributed by atoms with Crippen molar-refractivity contribution in [3.05, 3.63) is 70.6 Å². The molecule has 0 unspecified atom stereocenters. The molecule has 0 saturated heterocycles. The van der Waals surface area contributed by atoms with Crippen molar-refractivity contribution in [2.24, 2.45) is 0 Å². The Morgan fingerprint density at radius 2 is 2.04 bits per heavy atom. The maximum atomic E-state index is 8.99. The highest BCUT2D eigenvalue weighted by atomic mass is 35.5. The molecule has 0 radical (unpaired) electrons. The SMILES string of the molecule is Cc1ccn(-c2ccccc2CNc2ccc(Cl)c(C#N)n2)n1. The lowest BCUT2D eigenvalue weighted by Gasteiger charge is -2.11. The largest absolute Gasteiger partial charge is 0.366 e. The molecule has 23 heavy (non-hydrogen) atoms. The van der Waals surface area contributed by atoms with Crippen molar-refractivity contribution in [1.29, 1.82) is 5.26 Å². The number of pyridine rings is 1. The Bertz CT molecular complexity index is 879. The first kappa shape index (κ1) is 15.1. The summed E-state index contributed by atoms with van der Waals surface area (Å²) in [5, 5.41) is 17.0. The number of nitriles is 1. The molecule has 3 rings (SSSR count). The zero-order chi connectivity index (χ0) is 16.2. The number of nitrogens with zero attached hydrogens (tertiary/aromatic N) is 4. The second kappa shape index (κ2) is 6.51. The van der Waals surface area contributed by atoms with Crippen molar-refractivity contribution in [2.75, 3.05) is 5.32 Å². The minimum atomic E-state index is 0.215. The van der Waals surface area contributed by atoms with E-state index in [0.29, 0.717) is 17.4 Å². The summed E-state index contributed by atoms with van der Waals surface area (Å²) in [6.07, 6.45) is 1.93. The van der Waals surface area contributed by atoms with Gasteiger partial charge in [-0.15, -0.1) is 0 Å². The van der Waals surface area contributed by atoms with Gasteiger partial charge in [-0.25, -0.2) is 9.67 Å². The first-order valence-electron chi connectivity index (χ1n) is 7.08. The zero-order valence-electron chi connectivity index (χ0n) is 12.5. The van der Waals surface area contributed by atoms with E-state index in [1.54, 1.807) is 12.1 Å². The Morgan fingerprint density at radius 1 is 1.22 bits per heavy atom. The van der Waals surface area contributed by atoms with Crippen molar-refractivity contribution < 1.29 is 0 Å². The van der Waals surface area contributed by atoms with Gasteiger partial charge in [-0.3, -0.25) is 0 Å². The van der Waals surface area contributed by atoms with Crippen LogP contribution in [0.15, 0.2) is 48.7 Å². The van der Waals surface area contributed by atoms with Crippen molar-refractivity contribution in [3.63, 3.8) is 0 Å². The van der Waals surface area contributed by atoms with Gasteiger partial charge in [0.1, 0.15) is 11.9 Å². The monoisotopic (exact) mass is 323 g/mol. The summed E-state index contributed by atoms with van der Waals surface area (Å²) in [4.78, 5) is 4.19. The normalized spacial score (nSPS) is 10.3. The van der Waals surface area contributed by atoms with Crippen LogP contribution in [0.5, 0.6) is 0 Å². The van der Waals surface area contributed by atoms with Crippen LogP contribution in [0.3, 0.4) is 0 Å². The fraction of sp³-hybridized carbons (Fsp3) is 0.118. The summed E-state index contributed by atoms with van der Waals surface area (Å²) in [7, 11) is 0. The number of aryl methyl sites for hydroxylation is 1. The van der Waals surface area contributed by atoms with Crippen LogP contribution in [-0.4, -0.2) is 14.8 Å². The molecule has 1 N–H and O–H groups in total. The van der Waals surface area contributed by atoms with Crippen LogP contribution in [0.2, 0.25) is 5.02 Å². The van der Waals surface area contributed by atoms with Gasteiger partial charge in [0.05, 0.1) is 16.4 Å². The van der Waals surface area contributed by atoms with E-state index < -0.39 is 0 Å². The third-order valence-electron chi connectivity index (χ3n) is 3.37. The summed E-state index contributed by atoms with van der Waals surface area (Å²) >= 11 is 5.90. The molecule has 0 saturated carbocycles. The average Bonchev–Trinajstić information content (AvgIpc) is 3.00. The minimum Gasteiger partial charge on any atom is -0.366 e. The van der Waals surface area contributed by atoms with Gasteiger partial charge in [-0.1, -0.05) is 29.8 Å². The zero-order valence-corrected chi connectivity index (χ0v) is 13.2. The molecule has 0 atom stereocenters. The van der Waals surface area contributed by atoms with Gasteiger partial charge in [0.15, 0.2) is 5.69 Å². The van der Waals surface area contributed by atoms with Gasteiger partial charge in [0.25, 0.3) is 0 Å². The maximum absolute atomic E-state index is 8.99. The van der Waals surface area contributed by atoms with E-state index >= 15 is 0 Å². The minimum absolute atomic E-state index is 0.215.